The van der Waals surface area contributed by atoms with Crippen molar-refractivity contribution in [3.05, 3.63) is 58.4 Å². The number of nitrogens with zero attached hydrogens (tertiary/aromatic N) is 1. The fourth-order valence-electron chi connectivity index (χ4n) is 2.49. The monoisotopic (exact) mass is 288 g/mol. The first-order valence-electron chi connectivity index (χ1n) is 6.81. The van der Waals surface area contributed by atoms with Crippen LogP contribution in [0.5, 0.6) is 5.75 Å². The molecule has 20 heavy (non-hydrogen) atoms. The van der Waals surface area contributed by atoms with Crippen LogP contribution in [0.3, 0.4) is 0 Å². The summed E-state index contributed by atoms with van der Waals surface area (Å²) in [5.74, 6) is 1.00. The minimum atomic E-state index is 0.236. The highest BCUT2D eigenvalue weighted by Gasteiger charge is 2.18. The van der Waals surface area contributed by atoms with Crippen molar-refractivity contribution in [2.24, 2.45) is 0 Å². The lowest BCUT2D eigenvalue weighted by Gasteiger charge is -2.15. The Morgan fingerprint density at radius 3 is 3.15 bits per heavy atom. The van der Waals surface area contributed by atoms with Crippen molar-refractivity contribution in [3.63, 3.8) is 0 Å². The minimum Gasteiger partial charge on any atom is -0.493 e. The third-order valence-electron chi connectivity index (χ3n) is 3.61. The van der Waals surface area contributed by atoms with Gasteiger partial charge in [-0.1, -0.05) is 17.7 Å². The van der Waals surface area contributed by atoms with Gasteiger partial charge in [-0.2, -0.15) is 0 Å². The van der Waals surface area contributed by atoms with Crippen molar-refractivity contribution in [3.8, 4) is 5.75 Å². The first-order valence-corrected chi connectivity index (χ1v) is 7.19. The van der Waals surface area contributed by atoms with Gasteiger partial charge in [0.2, 0.25) is 0 Å². The number of ether oxygens (including phenoxy) is 1. The van der Waals surface area contributed by atoms with Crippen molar-refractivity contribution < 1.29 is 4.74 Å². The van der Waals surface area contributed by atoms with E-state index in [-0.39, 0.29) is 6.04 Å². The van der Waals surface area contributed by atoms with Crippen LogP contribution in [0.15, 0.2) is 36.7 Å². The van der Waals surface area contributed by atoms with Crippen LogP contribution in [0.2, 0.25) is 5.02 Å². The Morgan fingerprint density at radius 1 is 1.45 bits per heavy atom. The molecule has 1 aromatic heterocycles. The molecule has 1 unspecified atom stereocenters. The molecule has 0 amide bonds. The van der Waals surface area contributed by atoms with E-state index in [1.807, 2.05) is 24.4 Å². The predicted molar refractivity (Wildman–Crippen MR) is 80.1 cm³/mol. The first kappa shape index (κ1) is 13.4. The Labute approximate surface area is 123 Å². The van der Waals surface area contributed by atoms with E-state index in [1.165, 1.54) is 11.1 Å². The van der Waals surface area contributed by atoms with Crippen LogP contribution in [0, 0.1) is 0 Å². The summed E-state index contributed by atoms with van der Waals surface area (Å²) >= 11 is 6.17. The summed E-state index contributed by atoms with van der Waals surface area (Å²) in [7, 11) is 0. The third kappa shape index (κ3) is 2.79. The SMILES string of the molecule is CC(NCc1cc(Cl)cc2c1OCC2)c1cccnc1. The topological polar surface area (TPSA) is 34.1 Å². The van der Waals surface area contributed by atoms with Crippen molar-refractivity contribution in [2.75, 3.05) is 6.61 Å². The van der Waals surface area contributed by atoms with E-state index < -0.39 is 0 Å². The lowest BCUT2D eigenvalue weighted by molar-refractivity contribution is 0.351. The maximum atomic E-state index is 6.17. The highest BCUT2D eigenvalue weighted by Crippen LogP contribution is 2.33. The zero-order valence-electron chi connectivity index (χ0n) is 11.4. The number of benzene rings is 1. The van der Waals surface area contributed by atoms with Crippen LogP contribution in [0.1, 0.15) is 29.7 Å². The summed E-state index contributed by atoms with van der Waals surface area (Å²) in [5.41, 5.74) is 3.51. The van der Waals surface area contributed by atoms with Crippen molar-refractivity contribution in [2.45, 2.75) is 25.9 Å². The summed E-state index contributed by atoms with van der Waals surface area (Å²) in [6, 6.07) is 8.24. The molecule has 2 aromatic rings. The summed E-state index contributed by atoms with van der Waals surface area (Å²) in [6.45, 7) is 3.61. The van der Waals surface area contributed by atoms with Crippen molar-refractivity contribution >= 4 is 11.6 Å². The largest absolute Gasteiger partial charge is 0.493 e. The van der Waals surface area contributed by atoms with Gasteiger partial charge >= 0.3 is 0 Å². The molecular formula is C16H17ClN2O. The number of pyridine rings is 1. The van der Waals surface area contributed by atoms with E-state index in [4.69, 9.17) is 16.3 Å². The molecule has 1 N–H and O–H groups in total. The molecule has 2 heterocycles. The molecule has 1 aliphatic heterocycles. The molecule has 1 aliphatic rings. The number of nitrogens with one attached hydrogen (secondary N) is 1. The maximum Gasteiger partial charge on any atom is 0.127 e. The Kier molecular flexibility index (Phi) is 3.90. The molecule has 3 nitrogen and oxygen atoms in total. The lowest BCUT2D eigenvalue weighted by Crippen LogP contribution is -2.18. The fourth-order valence-corrected chi connectivity index (χ4v) is 2.75. The van der Waals surface area contributed by atoms with Crippen LogP contribution in [-0.2, 0) is 13.0 Å². The molecule has 0 radical (unpaired) electrons. The average molecular weight is 289 g/mol. The molecule has 0 aliphatic carbocycles. The zero-order valence-corrected chi connectivity index (χ0v) is 12.2. The summed E-state index contributed by atoms with van der Waals surface area (Å²) in [6.07, 6.45) is 4.62. The smallest absolute Gasteiger partial charge is 0.127 e. The van der Waals surface area contributed by atoms with Gasteiger partial charge in [-0.05, 0) is 36.2 Å². The van der Waals surface area contributed by atoms with Gasteiger partial charge in [-0.25, -0.2) is 0 Å². The molecule has 104 valence electrons. The standard InChI is InChI=1S/C16H17ClN2O/c1-11(13-3-2-5-18-9-13)19-10-14-8-15(17)7-12-4-6-20-16(12)14/h2-3,5,7-9,11,19H,4,6,10H2,1H3. The van der Waals surface area contributed by atoms with Crippen LogP contribution in [0.25, 0.3) is 0 Å². The predicted octanol–water partition coefficient (Wildman–Crippen LogP) is 3.52. The van der Waals surface area contributed by atoms with Crippen LogP contribution >= 0.6 is 11.6 Å². The van der Waals surface area contributed by atoms with Crippen molar-refractivity contribution in [1.82, 2.24) is 10.3 Å². The van der Waals surface area contributed by atoms with Gasteiger partial charge < -0.3 is 10.1 Å². The Balaban J connectivity index is 1.73. The van der Waals surface area contributed by atoms with Gasteiger partial charge in [0, 0.05) is 42.0 Å². The van der Waals surface area contributed by atoms with Gasteiger partial charge in [-0.15, -0.1) is 0 Å². The van der Waals surface area contributed by atoms with Gasteiger partial charge in [0.05, 0.1) is 6.61 Å². The second-order valence-electron chi connectivity index (χ2n) is 5.04. The fraction of sp³-hybridized carbons (Fsp3) is 0.312. The average Bonchev–Trinajstić information content (AvgIpc) is 2.93. The minimum absolute atomic E-state index is 0.236. The molecule has 3 rings (SSSR count). The Bertz CT molecular complexity index is 601. The molecular weight excluding hydrogens is 272 g/mol. The summed E-state index contributed by atoms with van der Waals surface area (Å²) in [5, 5.41) is 4.27. The third-order valence-corrected chi connectivity index (χ3v) is 3.83. The van der Waals surface area contributed by atoms with E-state index >= 15 is 0 Å². The molecule has 4 heteroatoms. The first-order chi connectivity index (χ1) is 9.74. The van der Waals surface area contributed by atoms with Crippen molar-refractivity contribution in [1.29, 1.82) is 0 Å². The van der Waals surface area contributed by atoms with Crippen LogP contribution in [-0.4, -0.2) is 11.6 Å². The quantitative estimate of drug-likeness (QED) is 0.935. The van der Waals surface area contributed by atoms with E-state index in [0.717, 1.165) is 35.9 Å². The van der Waals surface area contributed by atoms with Crippen LogP contribution < -0.4 is 10.1 Å². The molecule has 0 spiro atoms. The second-order valence-corrected chi connectivity index (χ2v) is 5.48. The van der Waals surface area contributed by atoms with Gasteiger partial charge in [0.1, 0.15) is 5.75 Å². The molecule has 0 fully saturated rings. The molecule has 0 saturated heterocycles. The summed E-state index contributed by atoms with van der Waals surface area (Å²) in [4.78, 5) is 4.15. The lowest BCUT2D eigenvalue weighted by atomic mass is 10.1. The molecule has 1 atom stereocenters. The summed E-state index contributed by atoms with van der Waals surface area (Å²) < 4.78 is 5.71. The maximum absolute atomic E-state index is 6.17. The number of fused-ring (bicyclic) bond motifs is 1. The Morgan fingerprint density at radius 2 is 2.35 bits per heavy atom. The molecule has 0 bridgehead atoms. The normalized spacial score (nSPS) is 14.7. The van der Waals surface area contributed by atoms with Gasteiger partial charge in [0.15, 0.2) is 0 Å². The van der Waals surface area contributed by atoms with E-state index in [0.29, 0.717) is 0 Å². The molecule has 1 aromatic carbocycles. The molecule has 0 saturated carbocycles. The second kappa shape index (κ2) is 5.81. The van der Waals surface area contributed by atoms with Gasteiger partial charge in [-0.3, -0.25) is 4.98 Å². The van der Waals surface area contributed by atoms with E-state index in [1.54, 1.807) is 6.20 Å². The number of halogens is 1. The van der Waals surface area contributed by atoms with E-state index in [2.05, 4.69) is 23.3 Å². The number of aromatic nitrogens is 1. The Hall–Kier alpha value is -1.58. The highest BCUT2D eigenvalue weighted by molar-refractivity contribution is 6.30. The van der Waals surface area contributed by atoms with E-state index in [9.17, 15) is 0 Å². The highest BCUT2D eigenvalue weighted by atomic mass is 35.5. The number of hydrogen-bond donors (Lipinski definition) is 1. The number of hydrogen-bond acceptors (Lipinski definition) is 3. The number of rotatable bonds is 4. The van der Waals surface area contributed by atoms with Crippen LogP contribution in [0.4, 0.5) is 0 Å². The van der Waals surface area contributed by atoms with Gasteiger partial charge in [0.25, 0.3) is 0 Å². The zero-order chi connectivity index (χ0) is 13.9.